The van der Waals surface area contributed by atoms with E-state index < -0.39 is 0 Å². The van der Waals surface area contributed by atoms with E-state index in [0.29, 0.717) is 17.5 Å². The normalized spacial score (nSPS) is 11.6. The number of nitrogens with zero attached hydrogens (tertiary/aromatic N) is 3. The van der Waals surface area contributed by atoms with E-state index in [1.165, 1.54) is 6.26 Å². The van der Waals surface area contributed by atoms with Gasteiger partial charge in [0, 0.05) is 17.0 Å². The zero-order chi connectivity index (χ0) is 14.0. The standard InChI is InChI=1S/C13H17ClN4O/c1-8-10(14)16-12(13(2,3)4)17-11(8)15-7-9-5-6-19-18-9/h5-6H,7H2,1-4H3,(H,15,16,17). The monoisotopic (exact) mass is 280 g/mol. The Kier molecular flexibility index (Phi) is 3.75. The molecule has 0 saturated heterocycles. The summed E-state index contributed by atoms with van der Waals surface area (Å²) in [7, 11) is 0. The first-order valence-electron chi connectivity index (χ1n) is 6.05. The Bertz CT molecular complexity index is 561. The molecule has 6 heteroatoms. The molecule has 1 N–H and O–H groups in total. The summed E-state index contributed by atoms with van der Waals surface area (Å²) >= 11 is 6.16. The van der Waals surface area contributed by atoms with Gasteiger partial charge in [0.15, 0.2) is 0 Å². The highest BCUT2D eigenvalue weighted by molar-refractivity contribution is 6.30. The number of aromatic nitrogens is 3. The number of hydrogen-bond acceptors (Lipinski definition) is 5. The van der Waals surface area contributed by atoms with E-state index in [-0.39, 0.29) is 5.41 Å². The quantitative estimate of drug-likeness (QED) is 0.874. The summed E-state index contributed by atoms with van der Waals surface area (Å²) in [4.78, 5) is 8.87. The van der Waals surface area contributed by atoms with Gasteiger partial charge in [-0.2, -0.15) is 0 Å². The Labute approximate surface area is 117 Å². The van der Waals surface area contributed by atoms with Crippen LogP contribution in [0.4, 0.5) is 5.82 Å². The minimum absolute atomic E-state index is 0.151. The summed E-state index contributed by atoms with van der Waals surface area (Å²) in [6.45, 7) is 8.58. The van der Waals surface area contributed by atoms with Crippen molar-refractivity contribution >= 4 is 17.4 Å². The lowest BCUT2D eigenvalue weighted by Gasteiger charge is -2.19. The molecule has 0 radical (unpaired) electrons. The molecule has 2 rings (SSSR count). The van der Waals surface area contributed by atoms with E-state index in [4.69, 9.17) is 16.1 Å². The maximum Gasteiger partial charge on any atom is 0.137 e. The van der Waals surface area contributed by atoms with Crippen molar-refractivity contribution in [3.8, 4) is 0 Å². The van der Waals surface area contributed by atoms with Crippen molar-refractivity contribution in [3.05, 3.63) is 34.6 Å². The molecule has 0 fully saturated rings. The third-order valence-corrected chi connectivity index (χ3v) is 3.05. The van der Waals surface area contributed by atoms with Crippen molar-refractivity contribution in [2.75, 3.05) is 5.32 Å². The largest absolute Gasteiger partial charge is 0.364 e. The smallest absolute Gasteiger partial charge is 0.137 e. The predicted molar refractivity (Wildman–Crippen MR) is 74.3 cm³/mol. The van der Waals surface area contributed by atoms with Crippen molar-refractivity contribution in [1.82, 2.24) is 15.1 Å². The molecule has 0 saturated carbocycles. The van der Waals surface area contributed by atoms with Crippen LogP contribution in [0.15, 0.2) is 16.9 Å². The van der Waals surface area contributed by atoms with Crippen LogP contribution >= 0.6 is 11.6 Å². The second-order valence-corrected chi connectivity index (χ2v) is 5.76. The van der Waals surface area contributed by atoms with Gasteiger partial charge in [0.2, 0.25) is 0 Å². The molecule has 2 heterocycles. The van der Waals surface area contributed by atoms with Crippen LogP contribution in [0, 0.1) is 6.92 Å². The van der Waals surface area contributed by atoms with Gasteiger partial charge in [0.25, 0.3) is 0 Å². The molecule has 2 aromatic rings. The van der Waals surface area contributed by atoms with Crippen LogP contribution < -0.4 is 5.32 Å². The molecule has 0 aliphatic rings. The first kappa shape index (κ1) is 13.8. The summed E-state index contributed by atoms with van der Waals surface area (Å²) in [5.41, 5.74) is 1.49. The Balaban J connectivity index is 2.26. The van der Waals surface area contributed by atoms with Crippen LogP contribution in [0.1, 0.15) is 37.9 Å². The van der Waals surface area contributed by atoms with E-state index in [9.17, 15) is 0 Å². The van der Waals surface area contributed by atoms with E-state index in [1.54, 1.807) is 6.07 Å². The number of hydrogen-bond donors (Lipinski definition) is 1. The molecule has 0 unspecified atom stereocenters. The van der Waals surface area contributed by atoms with E-state index in [2.05, 4.69) is 41.2 Å². The average molecular weight is 281 g/mol. The maximum absolute atomic E-state index is 6.16. The first-order chi connectivity index (χ1) is 8.88. The predicted octanol–water partition coefficient (Wildman–Crippen LogP) is 3.34. The van der Waals surface area contributed by atoms with Crippen LogP contribution in [-0.4, -0.2) is 15.1 Å². The molecule has 0 amide bonds. The molecule has 0 bridgehead atoms. The fourth-order valence-corrected chi connectivity index (χ4v) is 1.67. The summed E-state index contributed by atoms with van der Waals surface area (Å²) in [6.07, 6.45) is 1.54. The average Bonchev–Trinajstić information content (AvgIpc) is 2.82. The van der Waals surface area contributed by atoms with Gasteiger partial charge in [-0.05, 0) is 6.92 Å². The van der Waals surface area contributed by atoms with Gasteiger partial charge < -0.3 is 9.84 Å². The zero-order valence-electron chi connectivity index (χ0n) is 11.5. The second-order valence-electron chi connectivity index (χ2n) is 5.41. The topological polar surface area (TPSA) is 63.8 Å². The van der Waals surface area contributed by atoms with Crippen molar-refractivity contribution < 1.29 is 4.52 Å². The Morgan fingerprint density at radius 3 is 2.63 bits per heavy atom. The molecular formula is C13H17ClN4O. The number of anilines is 1. The SMILES string of the molecule is Cc1c(Cl)nc(C(C)(C)C)nc1NCc1ccon1. The lowest BCUT2D eigenvalue weighted by atomic mass is 9.95. The fourth-order valence-electron chi connectivity index (χ4n) is 1.50. The van der Waals surface area contributed by atoms with Crippen LogP contribution in [0.5, 0.6) is 0 Å². The zero-order valence-corrected chi connectivity index (χ0v) is 12.2. The van der Waals surface area contributed by atoms with Gasteiger partial charge in [0.1, 0.15) is 28.8 Å². The first-order valence-corrected chi connectivity index (χ1v) is 6.43. The van der Waals surface area contributed by atoms with Gasteiger partial charge in [-0.25, -0.2) is 9.97 Å². The summed E-state index contributed by atoms with van der Waals surface area (Å²) < 4.78 is 4.79. The number of halogens is 1. The summed E-state index contributed by atoms with van der Waals surface area (Å²) in [5.74, 6) is 1.44. The van der Waals surface area contributed by atoms with Crippen LogP contribution in [0.3, 0.4) is 0 Å². The molecule has 0 spiro atoms. The molecule has 19 heavy (non-hydrogen) atoms. The highest BCUT2D eigenvalue weighted by Crippen LogP contribution is 2.26. The number of rotatable bonds is 3. The maximum atomic E-state index is 6.16. The molecule has 5 nitrogen and oxygen atoms in total. The third kappa shape index (κ3) is 3.23. The highest BCUT2D eigenvalue weighted by Gasteiger charge is 2.20. The van der Waals surface area contributed by atoms with Crippen molar-refractivity contribution in [2.24, 2.45) is 0 Å². The minimum Gasteiger partial charge on any atom is -0.364 e. The lowest BCUT2D eigenvalue weighted by Crippen LogP contribution is -2.18. The Hall–Kier alpha value is -1.62. The van der Waals surface area contributed by atoms with Crippen LogP contribution in [-0.2, 0) is 12.0 Å². The van der Waals surface area contributed by atoms with Gasteiger partial charge in [-0.1, -0.05) is 37.5 Å². The van der Waals surface area contributed by atoms with E-state index in [1.807, 2.05) is 6.92 Å². The lowest BCUT2D eigenvalue weighted by molar-refractivity contribution is 0.412. The van der Waals surface area contributed by atoms with Gasteiger partial charge >= 0.3 is 0 Å². The van der Waals surface area contributed by atoms with Crippen molar-refractivity contribution in [3.63, 3.8) is 0 Å². The second kappa shape index (κ2) is 5.17. The summed E-state index contributed by atoms with van der Waals surface area (Å²) in [6, 6.07) is 1.80. The molecule has 0 atom stereocenters. The molecule has 0 aromatic carbocycles. The Morgan fingerprint density at radius 1 is 1.32 bits per heavy atom. The van der Waals surface area contributed by atoms with Gasteiger partial charge in [-0.3, -0.25) is 0 Å². The van der Waals surface area contributed by atoms with E-state index in [0.717, 1.165) is 17.1 Å². The van der Waals surface area contributed by atoms with Crippen molar-refractivity contribution in [1.29, 1.82) is 0 Å². The third-order valence-electron chi connectivity index (χ3n) is 2.69. The van der Waals surface area contributed by atoms with E-state index >= 15 is 0 Å². The van der Waals surface area contributed by atoms with Crippen molar-refractivity contribution in [2.45, 2.75) is 39.7 Å². The highest BCUT2D eigenvalue weighted by atomic mass is 35.5. The summed E-state index contributed by atoms with van der Waals surface area (Å²) in [5, 5.41) is 7.53. The molecule has 2 aromatic heterocycles. The molecule has 0 aliphatic heterocycles. The molecule has 102 valence electrons. The Morgan fingerprint density at radius 2 is 2.05 bits per heavy atom. The van der Waals surface area contributed by atoms with Crippen LogP contribution in [0.2, 0.25) is 5.15 Å². The minimum atomic E-state index is -0.151. The molecular weight excluding hydrogens is 264 g/mol. The molecule has 0 aliphatic carbocycles. The van der Waals surface area contributed by atoms with Gasteiger partial charge in [0.05, 0.1) is 6.54 Å². The number of nitrogens with one attached hydrogen (secondary N) is 1. The van der Waals surface area contributed by atoms with Crippen LogP contribution in [0.25, 0.3) is 0 Å². The fraction of sp³-hybridized carbons (Fsp3) is 0.462. The van der Waals surface area contributed by atoms with Gasteiger partial charge in [-0.15, -0.1) is 0 Å².